The minimum Gasteiger partial charge on any atom is -0.338 e. The molecule has 2 aromatic heterocycles. The van der Waals surface area contributed by atoms with Crippen molar-refractivity contribution in [2.45, 2.75) is 51.6 Å². The van der Waals surface area contributed by atoms with Gasteiger partial charge < -0.3 is 4.90 Å². The Kier molecular flexibility index (Phi) is 5.57. The number of hydrogen-bond donors (Lipinski definition) is 0. The number of hydrogen-bond acceptors (Lipinski definition) is 4. The molecule has 0 unspecified atom stereocenters. The smallest absolute Gasteiger partial charge is 0.263 e. The van der Waals surface area contributed by atoms with Crippen LogP contribution in [-0.4, -0.2) is 32.9 Å². The van der Waals surface area contributed by atoms with E-state index in [1.165, 1.54) is 41.5 Å². The third-order valence-electron chi connectivity index (χ3n) is 5.63. The standard InChI is InChI=1S/C22H25N3O2S/c1-2-25(17-11-7-4-8-12-17)19(26)13-24-15-23-21-20(22(24)27)18(14-28-21)16-9-5-3-6-10-16/h3,5-6,9-10,14-15,17H,2,4,7-8,11-13H2,1H3. The van der Waals surface area contributed by atoms with Crippen molar-refractivity contribution in [1.82, 2.24) is 14.5 Å². The van der Waals surface area contributed by atoms with Crippen LogP contribution in [0.1, 0.15) is 39.0 Å². The average molecular weight is 396 g/mol. The Morgan fingerprint density at radius 2 is 1.96 bits per heavy atom. The van der Waals surface area contributed by atoms with Gasteiger partial charge in [0.05, 0.1) is 11.7 Å². The van der Waals surface area contributed by atoms with Crippen molar-refractivity contribution in [1.29, 1.82) is 0 Å². The summed E-state index contributed by atoms with van der Waals surface area (Å²) in [6.45, 7) is 2.75. The van der Waals surface area contributed by atoms with Gasteiger partial charge in [0.2, 0.25) is 5.91 Å². The third-order valence-corrected chi connectivity index (χ3v) is 6.51. The summed E-state index contributed by atoms with van der Waals surface area (Å²) in [6.07, 6.45) is 7.25. The molecule has 0 atom stereocenters. The van der Waals surface area contributed by atoms with Gasteiger partial charge in [-0.25, -0.2) is 4.98 Å². The van der Waals surface area contributed by atoms with Crippen molar-refractivity contribution in [3.05, 3.63) is 52.4 Å². The van der Waals surface area contributed by atoms with Crippen LogP contribution in [0.2, 0.25) is 0 Å². The Morgan fingerprint density at radius 1 is 1.21 bits per heavy atom. The van der Waals surface area contributed by atoms with Crippen LogP contribution in [0, 0.1) is 0 Å². The van der Waals surface area contributed by atoms with Gasteiger partial charge in [-0.3, -0.25) is 14.2 Å². The Balaban J connectivity index is 1.65. The van der Waals surface area contributed by atoms with Crippen LogP contribution in [-0.2, 0) is 11.3 Å². The highest BCUT2D eigenvalue weighted by Gasteiger charge is 2.25. The molecule has 1 aromatic carbocycles. The summed E-state index contributed by atoms with van der Waals surface area (Å²) in [6, 6.07) is 10.2. The fourth-order valence-electron chi connectivity index (χ4n) is 4.18. The van der Waals surface area contributed by atoms with Crippen LogP contribution in [0.15, 0.2) is 46.8 Å². The maximum atomic E-state index is 13.2. The molecule has 1 saturated carbocycles. The molecule has 6 heteroatoms. The Morgan fingerprint density at radius 3 is 2.68 bits per heavy atom. The van der Waals surface area contributed by atoms with E-state index < -0.39 is 0 Å². The number of nitrogens with zero attached hydrogens (tertiary/aromatic N) is 3. The summed E-state index contributed by atoms with van der Waals surface area (Å²) in [7, 11) is 0. The number of carbonyl (C=O) groups is 1. The molecule has 1 aliphatic rings. The highest BCUT2D eigenvalue weighted by molar-refractivity contribution is 7.17. The zero-order valence-electron chi connectivity index (χ0n) is 16.1. The van der Waals surface area contributed by atoms with Crippen molar-refractivity contribution in [2.24, 2.45) is 0 Å². The fraction of sp³-hybridized carbons (Fsp3) is 0.409. The summed E-state index contributed by atoms with van der Waals surface area (Å²) < 4.78 is 1.47. The maximum absolute atomic E-state index is 13.2. The second-order valence-electron chi connectivity index (χ2n) is 7.34. The molecule has 28 heavy (non-hydrogen) atoms. The minimum absolute atomic E-state index is 0.00846. The Bertz CT molecular complexity index is 1020. The lowest BCUT2D eigenvalue weighted by Crippen LogP contribution is -2.44. The normalized spacial score (nSPS) is 15.0. The molecule has 146 valence electrons. The number of fused-ring (bicyclic) bond motifs is 1. The topological polar surface area (TPSA) is 55.2 Å². The minimum atomic E-state index is -0.141. The van der Waals surface area contributed by atoms with E-state index in [-0.39, 0.29) is 18.0 Å². The highest BCUT2D eigenvalue weighted by atomic mass is 32.1. The molecule has 4 rings (SSSR count). The van der Waals surface area contributed by atoms with Crippen LogP contribution in [0.5, 0.6) is 0 Å². The molecule has 0 radical (unpaired) electrons. The Labute approximate surface area is 168 Å². The van der Waals surface area contributed by atoms with E-state index >= 15 is 0 Å². The highest BCUT2D eigenvalue weighted by Crippen LogP contribution is 2.30. The van der Waals surface area contributed by atoms with Gasteiger partial charge in [0, 0.05) is 23.5 Å². The first-order chi connectivity index (χ1) is 13.7. The largest absolute Gasteiger partial charge is 0.338 e. The SMILES string of the molecule is CCN(C(=O)Cn1cnc2scc(-c3ccccc3)c2c1=O)C1CCCCC1. The van der Waals surface area contributed by atoms with Crippen LogP contribution in [0.25, 0.3) is 21.3 Å². The number of amides is 1. The molecule has 0 aliphatic heterocycles. The first-order valence-electron chi connectivity index (χ1n) is 10.0. The van der Waals surface area contributed by atoms with Gasteiger partial charge in [-0.15, -0.1) is 11.3 Å². The zero-order chi connectivity index (χ0) is 19.5. The van der Waals surface area contributed by atoms with Gasteiger partial charge in [-0.05, 0) is 25.3 Å². The molecule has 1 fully saturated rings. The summed E-state index contributed by atoms with van der Waals surface area (Å²) in [5.74, 6) is 0.00846. The monoisotopic (exact) mass is 395 g/mol. The fourth-order valence-corrected chi connectivity index (χ4v) is 5.08. The number of aromatic nitrogens is 2. The Hall–Kier alpha value is -2.47. The molecule has 0 N–H and O–H groups in total. The number of carbonyl (C=O) groups excluding carboxylic acids is 1. The predicted octanol–water partition coefficient (Wildman–Crippen LogP) is 4.31. The zero-order valence-corrected chi connectivity index (χ0v) is 17.0. The summed E-state index contributed by atoms with van der Waals surface area (Å²) >= 11 is 1.46. The van der Waals surface area contributed by atoms with E-state index in [0.29, 0.717) is 22.8 Å². The van der Waals surface area contributed by atoms with Crippen LogP contribution in [0.3, 0.4) is 0 Å². The molecular weight excluding hydrogens is 370 g/mol. The number of benzene rings is 1. The van der Waals surface area contributed by atoms with Gasteiger partial charge in [0.15, 0.2) is 0 Å². The molecule has 1 aliphatic carbocycles. The van der Waals surface area contributed by atoms with Gasteiger partial charge >= 0.3 is 0 Å². The van der Waals surface area contributed by atoms with Crippen molar-refractivity contribution >= 4 is 27.5 Å². The van der Waals surface area contributed by atoms with Crippen molar-refractivity contribution in [2.75, 3.05) is 6.54 Å². The van der Waals surface area contributed by atoms with E-state index in [1.54, 1.807) is 0 Å². The summed E-state index contributed by atoms with van der Waals surface area (Å²) in [5, 5.41) is 2.58. The lowest BCUT2D eigenvalue weighted by atomic mass is 9.94. The lowest BCUT2D eigenvalue weighted by Gasteiger charge is -2.33. The van der Waals surface area contributed by atoms with Crippen LogP contribution in [0.4, 0.5) is 0 Å². The van der Waals surface area contributed by atoms with Crippen molar-refractivity contribution < 1.29 is 4.79 Å². The molecule has 5 nitrogen and oxygen atoms in total. The average Bonchev–Trinajstić information content (AvgIpc) is 3.17. The molecular formula is C22H25N3O2S. The van der Waals surface area contributed by atoms with E-state index in [9.17, 15) is 9.59 Å². The van der Waals surface area contributed by atoms with Crippen molar-refractivity contribution in [3.63, 3.8) is 0 Å². The van der Waals surface area contributed by atoms with Gasteiger partial charge in [-0.2, -0.15) is 0 Å². The third kappa shape index (κ3) is 3.61. The molecule has 1 amide bonds. The molecule has 3 aromatic rings. The van der Waals surface area contributed by atoms with Crippen LogP contribution >= 0.6 is 11.3 Å². The molecule has 0 bridgehead atoms. The predicted molar refractivity (Wildman–Crippen MR) is 114 cm³/mol. The first-order valence-corrected chi connectivity index (χ1v) is 10.9. The van der Waals surface area contributed by atoms with Crippen LogP contribution < -0.4 is 5.56 Å². The van der Waals surface area contributed by atoms with Gasteiger partial charge in [0.1, 0.15) is 11.4 Å². The molecule has 0 saturated heterocycles. The van der Waals surface area contributed by atoms with Gasteiger partial charge in [0.25, 0.3) is 5.56 Å². The second-order valence-corrected chi connectivity index (χ2v) is 8.20. The quantitative estimate of drug-likeness (QED) is 0.647. The summed E-state index contributed by atoms with van der Waals surface area (Å²) in [4.78, 5) is 33.2. The van der Waals surface area contributed by atoms with E-state index in [0.717, 1.165) is 24.0 Å². The number of thiophene rings is 1. The number of rotatable bonds is 5. The maximum Gasteiger partial charge on any atom is 0.263 e. The summed E-state index contributed by atoms with van der Waals surface area (Å²) in [5.41, 5.74) is 1.74. The first kappa shape index (κ1) is 18.9. The second kappa shape index (κ2) is 8.27. The van der Waals surface area contributed by atoms with E-state index in [1.807, 2.05) is 47.5 Å². The lowest BCUT2D eigenvalue weighted by molar-refractivity contribution is -0.134. The number of likely N-dealkylation sites (N-methyl/N-ethyl adjacent to an activating group) is 1. The molecule has 0 spiro atoms. The van der Waals surface area contributed by atoms with E-state index in [2.05, 4.69) is 4.98 Å². The molecule has 2 heterocycles. The van der Waals surface area contributed by atoms with Gasteiger partial charge in [-0.1, -0.05) is 49.6 Å². The van der Waals surface area contributed by atoms with E-state index in [4.69, 9.17) is 0 Å². The van der Waals surface area contributed by atoms with Crippen molar-refractivity contribution in [3.8, 4) is 11.1 Å².